The molecule has 0 amide bonds. The van der Waals surface area contributed by atoms with Crippen LogP contribution in [-0.4, -0.2) is 13.3 Å². The topological polar surface area (TPSA) is 109 Å². The van der Waals surface area contributed by atoms with E-state index in [-0.39, 0.29) is 118 Å². The molecule has 0 aliphatic rings. The third kappa shape index (κ3) is 177. The monoisotopic (exact) mass is 210 g/mol. The normalized spacial score (nSPS) is 4.33. The number of rotatable bonds is 0. The predicted molar refractivity (Wildman–Crippen MR) is 16.4 cm³/mol. The summed E-state index contributed by atoms with van der Waals surface area (Å²) in [7, 11) is -2.92. The van der Waals surface area contributed by atoms with Crippen LogP contribution in [0.5, 0.6) is 0 Å². The van der Waals surface area contributed by atoms with Crippen molar-refractivity contribution in [3.05, 3.63) is 0 Å². The number of carbonyl (C=O) groups excluding carboxylic acids is 1. The molecule has 10 heteroatoms. The molecule has 0 saturated heterocycles. The molecule has 0 unspecified atom stereocenters. The fourth-order valence-electron chi connectivity index (χ4n) is 0. The van der Waals surface area contributed by atoms with Crippen molar-refractivity contribution in [3.63, 3.8) is 0 Å². The molecule has 0 aromatic heterocycles. The molecule has 0 aromatic carbocycles. The fraction of sp³-hybridized carbons (Fsp3) is 0.500. The van der Waals surface area contributed by atoms with Crippen LogP contribution in [0.3, 0.4) is 0 Å². The summed E-state index contributed by atoms with van der Waals surface area (Å²) in [6.07, 6.45) is 0. The van der Waals surface area contributed by atoms with Crippen LogP contribution >= 0.6 is 0 Å². The van der Waals surface area contributed by atoms with Gasteiger partial charge in [-0.25, -0.2) is 0 Å². The molecule has 0 fully saturated rings. The first-order valence-electron chi connectivity index (χ1n) is 1.62. The number of hydrogen-bond donors (Lipinski definition) is 0. The van der Waals surface area contributed by atoms with Gasteiger partial charge < -0.3 is 25.0 Å². The number of aliphatic carboxylic acids is 1. The van der Waals surface area contributed by atoms with Crippen molar-refractivity contribution in [3.8, 4) is 0 Å². The summed E-state index contributed by atoms with van der Waals surface area (Å²) in [6, 6.07) is 0. The van der Waals surface area contributed by atoms with Gasteiger partial charge in [-0.3, -0.25) is 7.32 Å². The average molecular weight is 210 g/mol. The van der Waals surface area contributed by atoms with Gasteiger partial charge in [0.1, 0.15) is 0 Å². The maximum Gasteiger partial charge on any atom is 1.00 e. The summed E-state index contributed by atoms with van der Waals surface area (Å²) in [4.78, 5) is 8.89. The molecule has 0 radical (unpaired) electrons. The van der Waals surface area contributed by atoms with Gasteiger partial charge in [0.15, 0.2) is 0 Å². The van der Waals surface area contributed by atoms with Crippen LogP contribution in [0.4, 0.5) is 0 Å². The predicted octanol–water partition coefficient (Wildman–Crippen LogP) is -17.2. The van der Waals surface area contributed by atoms with E-state index in [0.717, 1.165) is 6.92 Å². The van der Waals surface area contributed by atoms with Crippen LogP contribution in [-0.2, 0) is 4.79 Å². The molecule has 0 aliphatic heterocycles. The minimum atomic E-state index is -2.92. The number of hydrogen-bond acceptors (Lipinski definition) is 5. The van der Waals surface area contributed by atoms with Gasteiger partial charge in [-0.2, -0.15) is 0 Å². The van der Waals surface area contributed by atoms with Crippen LogP contribution in [0, 0.1) is 0 Å². The van der Waals surface area contributed by atoms with Crippen LogP contribution < -0.4 is 138 Å². The minimum Gasteiger partial charge on any atom is -0.907 e. The molecule has 0 bridgehead atoms. The zero-order chi connectivity index (χ0) is 7.15. The Kier molecular flexibility index (Phi) is 88.1. The van der Waals surface area contributed by atoms with Crippen molar-refractivity contribution in [2.45, 2.75) is 6.92 Å². The van der Waals surface area contributed by atoms with E-state index < -0.39 is 13.3 Å². The smallest absolute Gasteiger partial charge is 0.907 e. The van der Waals surface area contributed by atoms with Crippen molar-refractivity contribution < 1.29 is 143 Å². The second-order valence-electron chi connectivity index (χ2n) is 0.780. The van der Waals surface area contributed by atoms with Gasteiger partial charge in [0.05, 0.1) is 0 Å². The first-order chi connectivity index (χ1) is 3.46. The molecule has 48 valence electrons. The van der Waals surface area contributed by atoms with Crippen molar-refractivity contribution in [1.82, 2.24) is 0 Å². The van der Waals surface area contributed by atoms with E-state index in [1.54, 1.807) is 0 Å². The molecular weight excluding hydrogens is 207 g/mol. The van der Waals surface area contributed by atoms with Crippen LogP contribution in [0.2, 0.25) is 0 Å². The van der Waals surface area contributed by atoms with E-state index in [9.17, 15) is 0 Å². The van der Waals surface area contributed by atoms with Crippen LogP contribution in [0.1, 0.15) is 6.92 Å². The Hall–Kier alpha value is 3.41. The van der Waals surface area contributed by atoms with Gasteiger partial charge in [-0.15, -0.1) is 0 Å². The maximum atomic E-state index is 8.89. The largest absolute Gasteiger partial charge is 1.00 e. The number of carbonyl (C=O) groups is 1. The molecule has 0 aromatic rings. The Morgan fingerprint density at radius 2 is 1.00 bits per heavy atom. The molecular formula is C2H3BNa4O5. The molecule has 0 N–H and O–H groups in total. The Labute approximate surface area is 160 Å². The first-order valence-corrected chi connectivity index (χ1v) is 1.62. The van der Waals surface area contributed by atoms with Gasteiger partial charge in [-0.05, 0) is 6.92 Å². The standard InChI is InChI=1S/C2H4O2.BO3.4Na/c1-2(3)4;2-1(3)4;;;;/h1H3,(H,3,4);;;;;/q;-3;4*+1/p-1. The molecule has 0 atom stereocenters. The Bertz CT molecular complexity index is 65.7. The third-order valence-corrected chi connectivity index (χ3v) is 0. The molecule has 0 spiro atoms. The SMILES string of the molecule is CC(=O)[O-].[Na+].[Na+].[Na+].[Na+].[O-]B([O-])[O-]. The zero-order valence-corrected chi connectivity index (χ0v) is 16.1. The number of carboxylic acids is 1. The quantitative estimate of drug-likeness (QED) is 0.368. The summed E-state index contributed by atoms with van der Waals surface area (Å²) in [6.45, 7) is 0.972. The fourth-order valence-corrected chi connectivity index (χ4v) is 0. The first kappa shape index (κ1) is 36.1. The van der Waals surface area contributed by atoms with Gasteiger partial charge >= 0.3 is 118 Å². The molecule has 0 aliphatic carbocycles. The van der Waals surface area contributed by atoms with E-state index in [1.165, 1.54) is 0 Å². The Morgan fingerprint density at radius 1 is 1.00 bits per heavy atom. The second-order valence-corrected chi connectivity index (χ2v) is 0.780. The summed E-state index contributed by atoms with van der Waals surface area (Å²) >= 11 is 0. The Morgan fingerprint density at radius 3 is 1.00 bits per heavy atom. The van der Waals surface area contributed by atoms with Gasteiger partial charge in [0.25, 0.3) is 0 Å². The van der Waals surface area contributed by atoms with Gasteiger partial charge in [-0.1, -0.05) is 0 Å². The van der Waals surface area contributed by atoms with E-state index >= 15 is 0 Å². The maximum absolute atomic E-state index is 8.89. The molecule has 5 nitrogen and oxygen atoms in total. The van der Waals surface area contributed by atoms with Crippen molar-refractivity contribution in [2.24, 2.45) is 0 Å². The van der Waals surface area contributed by atoms with Crippen molar-refractivity contribution in [1.29, 1.82) is 0 Å². The van der Waals surface area contributed by atoms with Crippen LogP contribution in [0.15, 0.2) is 0 Å². The summed E-state index contributed by atoms with van der Waals surface area (Å²) < 4.78 is 0. The second kappa shape index (κ2) is 29.3. The van der Waals surface area contributed by atoms with Gasteiger partial charge in [0.2, 0.25) is 0 Å². The molecule has 12 heavy (non-hydrogen) atoms. The molecule has 0 rings (SSSR count). The summed E-state index contributed by atoms with van der Waals surface area (Å²) in [5, 5.41) is 34.1. The van der Waals surface area contributed by atoms with E-state index in [4.69, 9.17) is 25.0 Å². The average Bonchev–Trinajstić information content (AvgIpc) is 1.25. The number of carboxylic acid groups (broad SMARTS) is 1. The summed E-state index contributed by atoms with van der Waals surface area (Å²) in [5.41, 5.74) is 0. The van der Waals surface area contributed by atoms with E-state index in [0.29, 0.717) is 0 Å². The van der Waals surface area contributed by atoms with Crippen molar-refractivity contribution >= 4 is 13.3 Å². The van der Waals surface area contributed by atoms with Crippen LogP contribution in [0.25, 0.3) is 0 Å². The van der Waals surface area contributed by atoms with E-state index in [2.05, 4.69) is 0 Å². The third-order valence-electron chi connectivity index (χ3n) is 0. The summed E-state index contributed by atoms with van der Waals surface area (Å²) in [5.74, 6) is -1.08. The van der Waals surface area contributed by atoms with Gasteiger partial charge in [0, 0.05) is 5.97 Å². The zero-order valence-electron chi connectivity index (χ0n) is 8.12. The molecule has 0 heterocycles. The van der Waals surface area contributed by atoms with E-state index in [1.807, 2.05) is 0 Å². The minimum absolute atomic E-state index is 0. The van der Waals surface area contributed by atoms with Crippen molar-refractivity contribution in [2.75, 3.05) is 0 Å². The molecule has 0 saturated carbocycles. The Balaban J connectivity index is -0.0000000112.